The van der Waals surface area contributed by atoms with E-state index in [0.717, 1.165) is 17.5 Å². The molecule has 1 aromatic heterocycles. The van der Waals surface area contributed by atoms with Crippen LogP contribution < -0.4 is 10.2 Å². The Morgan fingerprint density at radius 1 is 1.23 bits per heavy atom. The van der Waals surface area contributed by atoms with Crippen molar-refractivity contribution in [3.63, 3.8) is 0 Å². The molecule has 7 heteroatoms. The zero-order valence-electron chi connectivity index (χ0n) is 14.9. The fraction of sp³-hybridized carbons (Fsp3) is 0.263. The predicted molar refractivity (Wildman–Crippen MR) is 99.7 cm³/mol. The molecule has 0 radical (unpaired) electrons. The second-order valence-electron chi connectivity index (χ2n) is 6.30. The number of aromatic nitrogens is 2. The van der Waals surface area contributed by atoms with Crippen LogP contribution in [0.3, 0.4) is 0 Å². The molecule has 0 aliphatic rings. The Bertz CT molecular complexity index is 905. The second kappa shape index (κ2) is 7.77. The minimum atomic E-state index is 0.357. The summed E-state index contributed by atoms with van der Waals surface area (Å²) in [6, 6.07) is 13.1. The molecule has 1 N–H and O–H groups in total. The minimum absolute atomic E-state index is 0.357. The molecule has 0 aliphatic heterocycles. The van der Waals surface area contributed by atoms with Gasteiger partial charge >= 0.3 is 0 Å². The normalized spacial score (nSPS) is 10.8. The Morgan fingerprint density at radius 3 is 2.77 bits per heavy atom. The summed E-state index contributed by atoms with van der Waals surface area (Å²) in [4.78, 5) is 15.2. The van der Waals surface area contributed by atoms with Crippen LogP contribution in [-0.2, 0) is 6.42 Å². The van der Waals surface area contributed by atoms with Gasteiger partial charge in [-0.05, 0) is 42.2 Å². The van der Waals surface area contributed by atoms with Gasteiger partial charge in [0.25, 0.3) is 5.89 Å². The molecule has 0 aliphatic carbocycles. The number of nitrogens with zero attached hydrogens (tertiary/aromatic N) is 3. The van der Waals surface area contributed by atoms with Gasteiger partial charge in [-0.25, -0.2) is 5.43 Å². The van der Waals surface area contributed by atoms with E-state index in [4.69, 9.17) is 9.26 Å². The number of ether oxygens (including phenoxy) is 1. The molecule has 0 atom stereocenters. The lowest BCUT2D eigenvalue weighted by molar-refractivity contribution is 0.413. The third-order valence-electron chi connectivity index (χ3n) is 3.92. The van der Waals surface area contributed by atoms with Crippen molar-refractivity contribution in [2.45, 2.75) is 20.3 Å². The molecule has 0 saturated heterocycles. The van der Waals surface area contributed by atoms with E-state index in [1.54, 1.807) is 13.2 Å². The molecule has 7 nitrogen and oxygen atoms in total. The van der Waals surface area contributed by atoms with Crippen LogP contribution in [-0.4, -0.2) is 17.3 Å². The maximum Gasteiger partial charge on any atom is 0.258 e. The Morgan fingerprint density at radius 2 is 2.04 bits per heavy atom. The van der Waals surface area contributed by atoms with Crippen molar-refractivity contribution in [1.29, 1.82) is 0 Å². The van der Waals surface area contributed by atoms with Gasteiger partial charge in [0.15, 0.2) is 0 Å². The Kier molecular flexibility index (Phi) is 5.26. The average molecular weight is 352 g/mol. The number of nitroso groups, excluding NO2 is 1. The third-order valence-corrected chi connectivity index (χ3v) is 3.92. The lowest BCUT2D eigenvalue weighted by atomic mass is 9.99. The summed E-state index contributed by atoms with van der Waals surface area (Å²) >= 11 is 0. The van der Waals surface area contributed by atoms with Gasteiger partial charge in [0.1, 0.15) is 5.75 Å². The van der Waals surface area contributed by atoms with E-state index in [-0.39, 0.29) is 0 Å². The van der Waals surface area contributed by atoms with Crippen LogP contribution >= 0.6 is 0 Å². The van der Waals surface area contributed by atoms with Crippen molar-refractivity contribution in [2.24, 2.45) is 11.2 Å². The predicted octanol–water partition coefficient (Wildman–Crippen LogP) is 4.70. The zero-order chi connectivity index (χ0) is 18.5. The van der Waals surface area contributed by atoms with Crippen molar-refractivity contribution in [3.8, 4) is 28.6 Å². The standard InChI is InChI=1S/C19H20N4O3/c1-12(2)10-13-8-9-14(11-16(13)21-23-24)19-20-18(22-26-19)15-6-4-5-7-17(15)25-3/h4-9,11-12H,10H2,1-3H3,(H,21,24). The van der Waals surface area contributed by atoms with Gasteiger partial charge in [-0.2, -0.15) is 4.98 Å². The quantitative estimate of drug-likeness (QED) is 0.489. The first-order chi connectivity index (χ1) is 12.6. The molecule has 3 aromatic rings. The van der Waals surface area contributed by atoms with Gasteiger partial charge < -0.3 is 9.26 Å². The molecular weight excluding hydrogens is 332 g/mol. The van der Waals surface area contributed by atoms with E-state index >= 15 is 0 Å². The molecule has 3 rings (SSSR count). The fourth-order valence-corrected chi connectivity index (χ4v) is 2.76. The molecule has 0 spiro atoms. The number of hydrogen-bond acceptors (Lipinski definition) is 6. The van der Waals surface area contributed by atoms with Crippen molar-refractivity contribution in [3.05, 3.63) is 52.9 Å². The Balaban J connectivity index is 1.96. The van der Waals surface area contributed by atoms with E-state index < -0.39 is 0 Å². The number of rotatable bonds is 7. The molecule has 0 unspecified atom stereocenters. The minimum Gasteiger partial charge on any atom is -0.496 e. The highest BCUT2D eigenvalue weighted by atomic mass is 16.5. The van der Waals surface area contributed by atoms with Gasteiger partial charge in [0.2, 0.25) is 5.82 Å². The highest BCUT2D eigenvalue weighted by Gasteiger charge is 2.15. The lowest BCUT2D eigenvalue weighted by Crippen LogP contribution is -1.99. The number of hydrogen-bond donors (Lipinski definition) is 1. The molecule has 134 valence electrons. The summed E-state index contributed by atoms with van der Waals surface area (Å²) in [6.07, 6.45) is 0.828. The number of anilines is 1. The van der Waals surface area contributed by atoms with E-state index in [9.17, 15) is 4.91 Å². The maximum absolute atomic E-state index is 10.7. The van der Waals surface area contributed by atoms with Crippen LogP contribution in [0.1, 0.15) is 19.4 Å². The number of nitrogens with one attached hydrogen (secondary N) is 1. The summed E-state index contributed by atoms with van der Waals surface area (Å²) in [5, 5.41) is 6.85. The van der Waals surface area contributed by atoms with Gasteiger partial charge in [-0.1, -0.05) is 37.2 Å². The maximum atomic E-state index is 10.7. The van der Waals surface area contributed by atoms with Crippen LogP contribution in [0.2, 0.25) is 0 Å². The topological polar surface area (TPSA) is 89.6 Å². The SMILES string of the molecule is COc1ccccc1-c1noc(-c2ccc(CC(C)C)c(NN=O)c2)n1. The summed E-state index contributed by atoms with van der Waals surface area (Å²) in [5.41, 5.74) is 5.61. The first-order valence-electron chi connectivity index (χ1n) is 8.31. The molecule has 0 bridgehead atoms. The van der Waals surface area contributed by atoms with E-state index in [0.29, 0.717) is 34.6 Å². The number of methoxy groups -OCH3 is 1. The van der Waals surface area contributed by atoms with E-state index in [1.807, 2.05) is 36.4 Å². The van der Waals surface area contributed by atoms with Crippen LogP contribution in [0.5, 0.6) is 5.75 Å². The Labute approximate surface area is 151 Å². The van der Waals surface area contributed by atoms with Gasteiger partial charge in [0, 0.05) is 5.56 Å². The van der Waals surface area contributed by atoms with Crippen LogP contribution in [0.15, 0.2) is 52.3 Å². The molecule has 1 heterocycles. The largest absolute Gasteiger partial charge is 0.496 e. The number of para-hydroxylation sites is 1. The van der Waals surface area contributed by atoms with Crippen molar-refractivity contribution in [1.82, 2.24) is 10.1 Å². The molecule has 26 heavy (non-hydrogen) atoms. The summed E-state index contributed by atoms with van der Waals surface area (Å²) < 4.78 is 10.7. The van der Waals surface area contributed by atoms with Crippen molar-refractivity contribution < 1.29 is 9.26 Å². The summed E-state index contributed by atoms with van der Waals surface area (Å²) in [6.45, 7) is 4.23. The zero-order valence-corrected chi connectivity index (χ0v) is 14.9. The molecule has 0 saturated carbocycles. The molecular formula is C19H20N4O3. The van der Waals surface area contributed by atoms with Gasteiger partial charge in [0.05, 0.1) is 23.6 Å². The van der Waals surface area contributed by atoms with Crippen LogP contribution in [0.4, 0.5) is 5.69 Å². The van der Waals surface area contributed by atoms with Crippen molar-refractivity contribution in [2.75, 3.05) is 12.5 Å². The highest BCUT2D eigenvalue weighted by Crippen LogP contribution is 2.31. The molecule has 0 amide bonds. The van der Waals surface area contributed by atoms with Crippen LogP contribution in [0, 0.1) is 10.8 Å². The molecule has 0 fully saturated rings. The number of benzene rings is 2. The van der Waals surface area contributed by atoms with E-state index in [1.165, 1.54) is 0 Å². The first-order valence-corrected chi connectivity index (χ1v) is 8.31. The monoisotopic (exact) mass is 352 g/mol. The third kappa shape index (κ3) is 3.72. The second-order valence-corrected chi connectivity index (χ2v) is 6.30. The molecule has 2 aromatic carbocycles. The smallest absolute Gasteiger partial charge is 0.258 e. The average Bonchev–Trinajstić information content (AvgIpc) is 3.13. The van der Waals surface area contributed by atoms with Gasteiger partial charge in [-0.3, -0.25) is 0 Å². The Hall–Kier alpha value is -3.22. The lowest BCUT2D eigenvalue weighted by Gasteiger charge is -2.10. The van der Waals surface area contributed by atoms with Crippen LogP contribution in [0.25, 0.3) is 22.8 Å². The van der Waals surface area contributed by atoms with Crippen molar-refractivity contribution >= 4 is 5.69 Å². The summed E-state index contributed by atoms with van der Waals surface area (Å²) in [5.74, 6) is 1.91. The first kappa shape index (κ1) is 17.6. The fourth-order valence-electron chi connectivity index (χ4n) is 2.76. The highest BCUT2D eigenvalue weighted by molar-refractivity contribution is 5.68. The summed E-state index contributed by atoms with van der Waals surface area (Å²) in [7, 11) is 1.59. The van der Waals surface area contributed by atoms with Gasteiger partial charge in [-0.15, -0.1) is 4.91 Å². The van der Waals surface area contributed by atoms with E-state index in [2.05, 4.69) is 34.7 Å².